The number of nitrogens with zero attached hydrogens (tertiary/aromatic N) is 2. The van der Waals surface area contributed by atoms with Crippen molar-refractivity contribution < 1.29 is 14.1 Å². The maximum atomic E-state index is 13.1. The first-order valence-electron chi connectivity index (χ1n) is 8.38. The molecule has 1 amide bonds. The van der Waals surface area contributed by atoms with Crippen molar-refractivity contribution in [3.05, 3.63) is 69.5 Å². The Labute approximate surface area is 148 Å². The van der Waals surface area contributed by atoms with Gasteiger partial charge in [-0.25, -0.2) is 15.2 Å². The van der Waals surface area contributed by atoms with Gasteiger partial charge < -0.3 is 4.90 Å². The third-order valence-electron chi connectivity index (χ3n) is 4.91. The molecule has 8 heteroatoms. The summed E-state index contributed by atoms with van der Waals surface area (Å²) < 4.78 is 13.1. The summed E-state index contributed by atoms with van der Waals surface area (Å²) >= 11 is 0. The van der Waals surface area contributed by atoms with Crippen LogP contribution in [0.2, 0.25) is 0 Å². The molecule has 0 spiro atoms. The molecule has 2 aliphatic rings. The van der Waals surface area contributed by atoms with Crippen molar-refractivity contribution in [3.8, 4) is 0 Å². The van der Waals surface area contributed by atoms with Gasteiger partial charge in [-0.1, -0.05) is 18.2 Å². The summed E-state index contributed by atoms with van der Waals surface area (Å²) in [5, 5.41) is 11.0. The van der Waals surface area contributed by atoms with Crippen LogP contribution < -0.4 is 15.8 Å². The van der Waals surface area contributed by atoms with E-state index in [0.717, 1.165) is 11.1 Å². The summed E-state index contributed by atoms with van der Waals surface area (Å²) in [7, 11) is 0. The Morgan fingerprint density at radius 1 is 1.19 bits per heavy atom. The number of hydrazine groups is 1. The zero-order chi connectivity index (χ0) is 18.3. The van der Waals surface area contributed by atoms with Gasteiger partial charge in [-0.15, -0.1) is 0 Å². The van der Waals surface area contributed by atoms with Crippen molar-refractivity contribution >= 4 is 17.3 Å². The lowest BCUT2D eigenvalue weighted by Crippen LogP contribution is -2.45. The van der Waals surface area contributed by atoms with Gasteiger partial charge in [0, 0.05) is 24.7 Å². The van der Waals surface area contributed by atoms with Gasteiger partial charge in [0.2, 0.25) is 5.91 Å². The molecule has 4 rings (SSSR count). The largest absolute Gasteiger partial charge is 0.310 e. The first-order valence-corrected chi connectivity index (χ1v) is 8.38. The van der Waals surface area contributed by atoms with Crippen LogP contribution in [0.1, 0.15) is 23.6 Å². The maximum Gasteiger partial charge on any atom is 0.271 e. The predicted molar refractivity (Wildman–Crippen MR) is 93.0 cm³/mol. The molecular formula is C18H17FN4O3. The van der Waals surface area contributed by atoms with E-state index in [0.29, 0.717) is 25.1 Å². The molecule has 1 saturated heterocycles. The molecule has 134 valence electrons. The molecule has 2 aliphatic heterocycles. The molecule has 0 saturated carbocycles. The first-order chi connectivity index (χ1) is 12.5. The van der Waals surface area contributed by atoms with Crippen LogP contribution in [0.5, 0.6) is 0 Å². The third-order valence-corrected chi connectivity index (χ3v) is 4.91. The number of hydrogen-bond acceptors (Lipinski definition) is 5. The van der Waals surface area contributed by atoms with E-state index in [1.54, 1.807) is 23.1 Å². The van der Waals surface area contributed by atoms with E-state index < -0.39 is 11.0 Å². The minimum Gasteiger partial charge on any atom is -0.310 e. The number of halogens is 1. The fraction of sp³-hybridized carbons (Fsp3) is 0.278. The zero-order valence-electron chi connectivity index (χ0n) is 13.8. The minimum atomic E-state index is -0.457. The van der Waals surface area contributed by atoms with Gasteiger partial charge in [-0.05, 0) is 36.1 Å². The number of carbonyl (C=O) groups excluding carboxylic acids is 1. The number of nitro groups is 1. The van der Waals surface area contributed by atoms with Crippen LogP contribution in [0.3, 0.4) is 0 Å². The lowest BCUT2D eigenvalue weighted by Gasteiger charge is -2.21. The van der Waals surface area contributed by atoms with E-state index in [-0.39, 0.29) is 23.5 Å². The molecule has 2 heterocycles. The Balaban J connectivity index is 1.51. The number of nitro benzene ring substituents is 1. The summed E-state index contributed by atoms with van der Waals surface area (Å²) in [6.45, 7) is 0.509. The van der Waals surface area contributed by atoms with E-state index in [2.05, 4.69) is 10.9 Å². The molecule has 0 aromatic heterocycles. The number of fused-ring (bicyclic) bond motifs is 1. The first kappa shape index (κ1) is 16.6. The highest BCUT2D eigenvalue weighted by Crippen LogP contribution is 2.33. The van der Waals surface area contributed by atoms with Crippen molar-refractivity contribution in [2.45, 2.75) is 24.9 Å². The molecule has 2 aromatic carbocycles. The standard InChI is InChI=1S/C18H17FN4O3/c19-13-4-1-11(2-5-13)15-10-16(21-20-15)18(24)22-8-7-12-3-6-14(23(25)26)9-17(12)22/h1-6,9,15-16,20-21H,7-8,10H2. The summed E-state index contributed by atoms with van der Waals surface area (Å²) in [6.07, 6.45) is 1.20. The van der Waals surface area contributed by atoms with Crippen LogP contribution in [0.4, 0.5) is 15.8 Å². The lowest BCUT2D eigenvalue weighted by molar-refractivity contribution is -0.384. The topological polar surface area (TPSA) is 87.5 Å². The van der Waals surface area contributed by atoms with E-state index in [1.165, 1.54) is 24.3 Å². The fourth-order valence-electron chi connectivity index (χ4n) is 3.53. The average molecular weight is 356 g/mol. The minimum absolute atomic E-state index is 0.0230. The Morgan fingerprint density at radius 3 is 2.69 bits per heavy atom. The van der Waals surface area contributed by atoms with Crippen molar-refractivity contribution in [1.29, 1.82) is 0 Å². The van der Waals surface area contributed by atoms with Crippen LogP contribution in [0, 0.1) is 15.9 Å². The van der Waals surface area contributed by atoms with Gasteiger partial charge in [0.05, 0.1) is 10.6 Å². The summed E-state index contributed by atoms with van der Waals surface area (Å²) in [6, 6.07) is 10.2. The van der Waals surface area contributed by atoms with Gasteiger partial charge in [0.1, 0.15) is 11.9 Å². The Bertz CT molecular complexity index is 871. The second kappa shape index (κ2) is 6.47. The number of amides is 1. The lowest BCUT2D eigenvalue weighted by atomic mass is 10.0. The summed E-state index contributed by atoms with van der Waals surface area (Å²) in [5.74, 6) is -0.427. The molecule has 2 N–H and O–H groups in total. The maximum absolute atomic E-state index is 13.1. The molecule has 2 atom stereocenters. The van der Waals surface area contributed by atoms with Crippen LogP contribution in [0.15, 0.2) is 42.5 Å². The monoisotopic (exact) mass is 356 g/mol. The molecular weight excluding hydrogens is 339 g/mol. The Morgan fingerprint density at radius 2 is 1.96 bits per heavy atom. The molecule has 7 nitrogen and oxygen atoms in total. The second-order valence-corrected chi connectivity index (χ2v) is 6.49. The number of anilines is 1. The number of benzene rings is 2. The normalized spacial score (nSPS) is 21.7. The van der Waals surface area contributed by atoms with Crippen LogP contribution in [-0.2, 0) is 11.2 Å². The highest BCUT2D eigenvalue weighted by molar-refractivity contribution is 5.99. The van der Waals surface area contributed by atoms with E-state index in [1.807, 2.05) is 0 Å². The van der Waals surface area contributed by atoms with Crippen LogP contribution in [-0.4, -0.2) is 23.4 Å². The zero-order valence-corrected chi connectivity index (χ0v) is 13.8. The number of rotatable bonds is 3. The molecule has 0 aliphatic carbocycles. The van der Waals surface area contributed by atoms with Gasteiger partial charge in [0.15, 0.2) is 0 Å². The number of non-ortho nitro benzene ring substituents is 1. The van der Waals surface area contributed by atoms with Gasteiger partial charge in [-0.2, -0.15) is 0 Å². The number of hydrogen-bond donors (Lipinski definition) is 2. The van der Waals surface area contributed by atoms with Crippen LogP contribution >= 0.6 is 0 Å². The quantitative estimate of drug-likeness (QED) is 0.650. The van der Waals surface area contributed by atoms with E-state index in [9.17, 15) is 19.3 Å². The summed E-state index contributed by atoms with van der Waals surface area (Å²) in [5.41, 5.74) is 8.48. The van der Waals surface area contributed by atoms with Crippen molar-refractivity contribution in [2.24, 2.45) is 0 Å². The number of nitrogens with one attached hydrogen (secondary N) is 2. The molecule has 0 radical (unpaired) electrons. The second-order valence-electron chi connectivity index (χ2n) is 6.49. The van der Waals surface area contributed by atoms with Crippen molar-refractivity contribution in [2.75, 3.05) is 11.4 Å². The van der Waals surface area contributed by atoms with Crippen LogP contribution in [0.25, 0.3) is 0 Å². The average Bonchev–Trinajstić information content (AvgIpc) is 3.28. The fourth-order valence-corrected chi connectivity index (χ4v) is 3.53. The van der Waals surface area contributed by atoms with Crippen molar-refractivity contribution in [3.63, 3.8) is 0 Å². The molecule has 2 aromatic rings. The molecule has 1 fully saturated rings. The highest BCUT2D eigenvalue weighted by atomic mass is 19.1. The highest BCUT2D eigenvalue weighted by Gasteiger charge is 2.36. The third kappa shape index (κ3) is 2.93. The SMILES string of the molecule is O=C(C1CC(c2ccc(F)cc2)NN1)N1CCc2ccc([N+](=O)[O-])cc21. The van der Waals surface area contributed by atoms with Gasteiger partial charge in [-0.3, -0.25) is 14.9 Å². The smallest absolute Gasteiger partial charge is 0.271 e. The van der Waals surface area contributed by atoms with E-state index in [4.69, 9.17) is 0 Å². The Kier molecular flexibility index (Phi) is 4.14. The summed E-state index contributed by atoms with van der Waals surface area (Å²) in [4.78, 5) is 25.1. The molecule has 2 unspecified atom stereocenters. The molecule has 26 heavy (non-hydrogen) atoms. The van der Waals surface area contributed by atoms with Crippen molar-refractivity contribution in [1.82, 2.24) is 10.9 Å². The molecule has 0 bridgehead atoms. The van der Waals surface area contributed by atoms with Gasteiger partial charge >= 0.3 is 0 Å². The Hall–Kier alpha value is -2.84. The number of carbonyl (C=O) groups is 1. The van der Waals surface area contributed by atoms with E-state index >= 15 is 0 Å². The van der Waals surface area contributed by atoms with Gasteiger partial charge in [0.25, 0.3) is 5.69 Å². The predicted octanol–water partition coefficient (Wildman–Crippen LogP) is 2.23.